The van der Waals surface area contributed by atoms with Gasteiger partial charge in [-0.25, -0.2) is 0 Å². The highest BCUT2D eigenvalue weighted by Crippen LogP contribution is 2.15. The molecule has 0 atom stereocenters. The van der Waals surface area contributed by atoms with Gasteiger partial charge in [0.25, 0.3) is 5.69 Å². The van der Waals surface area contributed by atoms with Crippen LogP contribution in [0.4, 0.5) is 5.69 Å². The van der Waals surface area contributed by atoms with Gasteiger partial charge in [-0.3, -0.25) is 10.1 Å². The van der Waals surface area contributed by atoms with Crippen LogP contribution in [-0.4, -0.2) is 4.92 Å². The first-order valence-corrected chi connectivity index (χ1v) is 5.97. The van der Waals surface area contributed by atoms with Gasteiger partial charge >= 0.3 is 0 Å². The van der Waals surface area contributed by atoms with E-state index in [0.717, 1.165) is 11.1 Å². The maximum absolute atomic E-state index is 10.6. The van der Waals surface area contributed by atoms with Crippen LogP contribution in [-0.2, 0) is 0 Å². The van der Waals surface area contributed by atoms with Crippen molar-refractivity contribution in [2.75, 3.05) is 0 Å². The molecule has 0 spiro atoms. The summed E-state index contributed by atoms with van der Waals surface area (Å²) in [6.45, 7) is 0. The van der Waals surface area contributed by atoms with E-state index in [-0.39, 0.29) is 10.6 Å². The minimum atomic E-state index is -0.388. The Morgan fingerprint density at radius 3 is 2.00 bits per heavy atom. The first kappa shape index (κ1) is 11.4. The van der Waals surface area contributed by atoms with Crippen molar-refractivity contribution in [2.45, 2.75) is 0 Å². The fourth-order valence-corrected chi connectivity index (χ4v) is 2.14. The zero-order chi connectivity index (χ0) is 13.2. The van der Waals surface area contributed by atoms with Crippen LogP contribution in [0.25, 0.3) is 18.2 Å². The van der Waals surface area contributed by atoms with Gasteiger partial charge in [0.15, 0.2) is 0 Å². The first-order chi connectivity index (χ1) is 9.22. The number of fused-ring (bicyclic) bond motifs is 1. The maximum Gasteiger partial charge on any atom is 0.269 e. The Kier molecular flexibility index (Phi) is 2.72. The third-order valence-corrected chi connectivity index (χ3v) is 3.08. The van der Waals surface area contributed by atoms with Crippen molar-refractivity contribution in [2.24, 2.45) is 0 Å². The predicted molar refractivity (Wildman–Crippen MR) is 75.7 cm³/mol. The van der Waals surface area contributed by atoms with E-state index in [1.807, 2.05) is 18.2 Å². The van der Waals surface area contributed by atoms with Crippen LogP contribution in [0.3, 0.4) is 0 Å². The molecule has 0 unspecified atom stereocenters. The van der Waals surface area contributed by atoms with Crippen LogP contribution in [0.1, 0.15) is 5.56 Å². The minimum absolute atomic E-state index is 0.116. The number of rotatable bonds is 2. The lowest BCUT2D eigenvalue weighted by atomic mass is 10.1. The average Bonchev–Trinajstić information content (AvgIpc) is 2.81. The van der Waals surface area contributed by atoms with E-state index >= 15 is 0 Å². The van der Waals surface area contributed by atoms with E-state index in [0.29, 0.717) is 0 Å². The number of non-ortho nitro benzene ring substituents is 1. The van der Waals surface area contributed by atoms with Gasteiger partial charge in [-0.05, 0) is 51.9 Å². The highest BCUT2D eigenvalue weighted by Gasteiger charge is 2.03. The van der Waals surface area contributed by atoms with E-state index in [4.69, 9.17) is 0 Å². The lowest BCUT2D eigenvalue weighted by Gasteiger charge is -1.95. The lowest BCUT2D eigenvalue weighted by Crippen LogP contribution is -2.19. The predicted octanol–water partition coefficient (Wildman–Crippen LogP) is 2.25. The number of allylic oxidation sites excluding steroid dienone is 1. The van der Waals surface area contributed by atoms with Gasteiger partial charge in [-0.15, -0.1) is 0 Å². The minimum Gasteiger partial charge on any atom is -0.258 e. The monoisotopic (exact) mass is 249 g/mol. The summed E-state index contributed by atoms with van der Waals surface area (Å²) in [5.74, 6) is 0. The maximum atomic E-state index is 10.6. The standard InChI is InChI=1S/C16H11NO2/c18-17(19)16-7-5-12(6-8-16)9-13-10-14-3-1-2-4-15(14)11-13/h1-11H. The molecule has 0 saturated heterocycles. The molecule has 1 aliphatic carbocycles. The SMILES string of the molecule is O=[N+]([O-])c1ccc(C=C2C=c3ccccc3=C2)cc1. The van der Waals surface area contributed by atoms with Crippen molar-refractivity contribution >= 4 is 23.9 Å². The third kappa shape index (κ3) is 2.31. The Balaban J connectivity index is 1.96. The van der Waals surface area contributed by atoms with Crippen molar-refractivity contribution in [1.29, 1.82) is 0 Å². The molecule has 3 nitrogen and oxygen atoms in total. The van der Waals surface area contributed by atoms with E-state index in [1.54, 1.807) is 12.1 Å². The summed E-state index contributed by atoms with van der Waals surface area (Å²) in [5.41, 5.74) is 2.18. The van der Waals surface area contributed by atoms with Crippen molar-refractivity contribution in [3.05, 3.63) is 80.2 Å². The fourth-order valence-electron chi connectivity index (χ4n) is 2.14. The number of hydrogen-bond donors (Lipinski definition) is 0. The summed E-state index contributed by atoms with van der Waals surface area (Å²) < 4.78 is 0. The van der Waals surface area contributed by atoms with Gasteiger partial charge in [-0.2, -0.15) is 0 Å². The van der Waals surface area contributed by atoms with Crippen LogP contribution in [0.15, 0.2) is 54.1 Å². The zero-order valence-electron chi connectivity index (χ0n) is 10.1. The summed E-state index contributed by atoms with van der Waals surface area (Å²) in [4.78, 5) is 10.2. The van der Waals surface area contributed by atoms with Crippen LogP contribution in [0.5, 0.6) is 0 Å². The molecule has 92 valence electrons. The van der Waals surface area contributed by atoms with Gasteiger partial charge in [0.2, 0.25) is 0 Å². The number of nitrogens with zero attached hydrogens (tertiary/aromatic N) is 1. The zero-order valence-corrected chi connectivity index (χ0v) is 10.1. The van der Waals surface area contributed by atoms with Gasteiger partial charge in [0.1, 0.15) is 0 Å². The van der Waals surface area contributed by atoms with Crippen LogP contribution in [0, 0.1) is 10.1 Å². The average molecular weight is 249 g/mol. The van der Waals surface area contributed by atoms with Gasteiger partial charge in [0, 0.05) is 12.1 Å². The molecule has 0 bridgehead atoms. The van der Waals surface area contributed by atoms with E-state index in [9.17, 15) is 10.1 Å². The fraction of sp³-hybridized carbons (Fsp3) is 0. The summed E-state index contributed by atoms with van der Waals surface area (Å²) >= 11 is 0. The van der Waals surface area contributed by atoms with E-state index < -0.39 is 0 Å². The molecule has 0 saturated carbocycles. The Morgan fingerprint density at radius 1 is 0.895 bits per heavy atom. The molecule has 3 heteroatoms. The van der Waals surface area contributed by atoms with Crippen molar-refractivity contribution < 1.29 is 4.92 Å². The van der Waals surface area contributed by atoms with Crippen molar-refractivity contribution in [3.8, 4) is 0 Å². The number of nitro groups is 1. The molecular weight excluding hydrogens is 238 g/mol. The van der Waals surface area contributed by atoms with Gasteiger partial charge in [-0.1, -0.05) is 24.3 Å². The van der Waals surface area contributed by atoms with Crippen molar-refractivity contribution in [3.63, 3.8) is 0 Å². The quantitative estimate of drug-likeness (QED) is 0.605. The Labute approximate surface area is 110 Å². The number of hydrogen-bond acceptors (Lipinski definition) is 2. The molecule has 0 aliphatic heterocycles. The molecule has 0 radical (unpaired) electrons. The lowest BCUT2D eigenvalue weighted by molar-refractivity contribution is -0.384. The highest BCUT2D eigenvalue weighted by atomic mass is 16.6. The third-order valence-electron chi connectivity index (χ3n) is 3.08. The van der Waals surface area contributed by atoms with E-state index in [2.05, 4.69) is 24.3 Å². The molecule has 3 rings (SSSR count). The Hall–Kier alpha value is -2.68. The summed E-state index contributed by atoms with van der Waals surface area (Å²) in [7, 11) is 0. The normalized spacial score (nSPS) is 12.3. The number of nitro benzene ring substituents is 1. The molecule has 0 amide bonds. The largest absolute Gasteiger partial charge is 0.269 e. The topological polar surface area (TPSA) is 43.1 Å². The molecule has 1 aliphatic rings. The number of benzene rings is 2. The molecule has 0 fully saturated rings. The molecule has 0 aromatic heterocycles. The second-order valence-electron chi connectivity index (χ2n) is 4.41. The highest BCUT2D eigenvalue weighted by molar-refractivity contribution is 5.80. The van der Waals surface area contributed by atoms with Crippen LogP contribution >= 0.6 is 0 Å². The molecule has 0 N–H and O–H groups in total. The van der Waals surface area contributed by atoms with Gasteiger partial charge < -0.3 is 0 Å². The molecular formula is C16H11NO2. The van der Waals surface area contributed by atoms with Crippen LogP contribution in [0.2, 0.25) is 0 Å². The van der Waals surface area contributed by atoms with E-state index in [1.165, 1.54) is 22.6 Å². The van der Waals surface area contributed by atoms with Crippen LogP contribution < -0.4 is 10.4 Å². The molecule has 2 aromatic rings. The Bertz CT molecular complexity index is 749. The smallest absolute Gasteiger partial charge is 0.258 e. The molecule has 19 heavy (non-hydrogen) atoms. The van der Waals surface area contributed by atoms with Crippen molar-refractivity contribution in [1.82, 2.24) is 0 Å². The Morgan fingerprint density at radius 2 is 1.47 bits per heavy atom. The molecule has 2 aromatic carbocycles. The second-order valence-corrected chi connectivity index (χ2v) is 4.41. The second kappa shape index (κ2) is 4.53. The summed E-state index contributed by atoms with van der Waals surface area (Å²) in [6.07, 6.45) is 6.23. The summed E-state index contributed by atoms with van der Waals surface area (Å²) in [6, 6.07) is 14.7. The molecule has 0 heterocycles. The van der Waals surface area contributed by atoms with Gasteiger partial charge in [0.05, 0.1) is 4.92 Å². The first-order valence-electron chi connectivity index (χ1n) is 5.97. The summed E-state index contributed by atoms with van der Waals surface area (Å²) in [5, 5.41) is 13.0.